The van der Waals surface area contributed by atoms with Crippen LogP contribution in [0.1, 0.15) is 17.7 Å². The van der Waals surface area contributed by atoms with Crippen LogP contribution in [0.2, 0.25) is 4.34 Å². The van der Waals surface area contributed by atoms with Crippen molar-refractivity contribution in [3.05, 3.63) is 21.3 Å². The predicted octanol–water partition coefficient (Wildman–Crippen LogP) is 1.21. The largest absolute Gasteiger partial charge is 0.481 e. The van der Waals surface area contributed by atoms with Gasteiger partial charge >= 0.3 is 5.97 Å². The Hall–Kier alpha value is -1.11. The molecule has 0 aliphatic heterocycles. The molecule has 0 saturated carbocycles. The Morgan fingerprint density at radius 2 is 2.24 bits per heavy atom. The Bertz CT molecular complexity index is 408. The first-order valence-electron chi connectivity index (χ1n) is 4.98. The predicted molar refractivity (Wildman–Crippen MR) is 66.0 cm³/mol. The fourth-order valence-corrected chi connectivity index (χ4v) is 2.19. The van der Waals surface area contributed by atoms with E-state index in [0.717, 1.165) is 4.88 Å². The van der Waals surface area contributed by atoms with E-state index in [9.17, 15) is 9.59 Å². The van der Waals surface area contributed by atoms with E-state index < -0.39 is 12.0 Å². The molecule has 5 nitrogen and oxygen atoms in total. The number of nitrogens with one attached hydrogen (secondary N) is 1. The summed E-state index contributed by atoms with van der Waals surface area (Å²) in [6.45, 7) is 0.358. The number of thiophene rings is 1. The summed E-state index contributed by atoms with van der Waals surface area (Å²) in [5.74, 6) is -1.31. The summed E-state index contributed by atoms with van der Waals surface area (Å²) < 4.78 is 0.657. The zero-order valence-corrected chi connectivity index (χ0v) is 10.6. The fraction of sp³-hybridized carbons (Fsp3) is 0.400. The molecule has 0 fully saturated rings. The molecule has 0 saturated heterocycles. The molecule has 1 heterocycles. The first-order chi connectivity index (χ1) is 7.99. The van der Waals surface area contributed by atoms with Gasteiger partial charge in [-0.2, -0.15) is 0 Å². The number of amides is 1. The lowest BCUT2D eigenvalue weighted by atomic mass is 10.1. The fourth-order valence-electron chi connectivity index (χ4n) is 1.16. The van der Waals surface area contributed by atoms with Gasteiger partial charge in [0.1, 0.15) is 0 Å². The summed E-state index contributed by atoms with van der Waals surface area (Å²) in [6.07, 6.45) is 0.0196. The SMILES string of the molecule is NC(CCC(=O)O)C(=O)NCc1ccc(Cl)s1. The summed E-state index contributed by atoms with van der Waals surface area (Å²) >= 11 is 7.11. The van der Waals surface area contributed by atoms with E-state index in [1.54, 1.807) is 6.07 Å². The van der Waals surface area contributed by atoms with E-state index in [1.165, 1.54) is 11.3 Å². The quantitative estimate of drug-likeness (QED) is 0.728. The van der Waals surface area contributed by atoms with Crippen molar-refractivity contribution in [3.8, 4) is 0 Å². The van der Waals surface area contributed by atoms with Crippen molar-refractivity contribution in [2.75, 3.05) is 0 Å². The average Bonchev–Trinajstić information content (AvgIpc) is 2.68. The van der Waals surface area contributed by atoms with Crippen LogP contribution in [0, 0.1) is 0 Å². The lowest BCUT2D eigenvalue weighted by molar-refractivity contribution is -0.137. The number of carbonyl (C=O) groups excluding carboxylic acids is 1. The van der Waals surface area contributed by atoms with Crippen LogP contribution in [0.4, 0.5) is 0 Å². The number of carboxylic acid groups (broad SMARTS) is 1. The monoisotopic (exact) mass is 276 g/mol. The molecule has 1 amide bonds. The topological polar surface area (TPSA) is 92.4 Å². The standard InChI is InChI=1S/C10H13ClN2O3S/c11-8-3-1-6(17-8)5-13-10(16)7(12)2-4-9(14)15/h1,3,7H,2,4-5,12H2,(H,13,16)(H,14,15). The number of nitrogens with two attached hydrogens (primary N) is 1. The molecule has 94 valence electrons. The molecule has 0 spiro atoms. The molecule has 0 aliphatic carbocycles. The van der Waals surface area contributed by atoms with E-state index in [0.29, 0.717) is 10.9 Å². The van der Waals surface area contributed by atoms with Crippen LogP contribution in [0.15, 0.2) is 12.1 Å². The minimum atomic E-state index is -0.960. The highest BCUT2D eigenvalue weighted by atomic mass is 35.5. The smallest absolute Gasteiger partial charge is 0.303 e. The molecule has 7 heteroatoms. The minimum absolute atomic E-state index is 0.112. The summed E-state index contributed by atoms with van der Waals surface area (Å²) in [5, 5.41) is 11.1. The van der Waals surface area contributed by atoms with Crippen molar-refractivity contribution in [1.82, 2.24) is 5.32 Å². The summed E-state index contributed by atoms with van der Waals surface area (Å²) in [5.41, 5.74) is 5.54. The zero-order valence-electron chi connectivity index (χ0n) is 8.98. The van der Waals surface area contributed by atoms with Crippen LogP contribution >= 0.6 is 22.9 Å². The molecule has 0 aliphatic rings. The van der Waals surface area contributed by atoms with Crippen molar-refractivity contribution in [2.24, 2.45) is 5.73 Å². The van der Waals surface area contributed by atoms with Crippen LogP contribution in [-0.2, 0) is 16.1 Å². The van der Waals surface area contributed by atoms with Gasteiger partial charge in [0.2, 0.25) is 5.91 Å². The highest BCUT2D eigenvalue weighted by Gasteiger charge is 2.14. The van der Waals surface area contributed by atoms with Gasteiger partial charge in [0.05, 0.1) is 16.9 Å². The average molecular weight is 277 g/mol. The molecule has 1 unspecified atom stereocenters. The van der Waals surface area contributed by atoms with Crippen molar-refractivity contribution >= 4 is 34.8 Å². The normalized spacial score (nSPS) is 12.1. The van der Waals surface area contributed by atoms with Gasteiger partial charge in [-0.1, -0.05) is 11.6 Å². The number of aliphatic carboxylic acids is 1. The van der Waals surface area contributed by atoms with Gasteiger partial charge < -0.3 is 16.2 Å². The molecule has 0 bridgehead atoms. The van der Waals surface area contributed by atoms with E-state index in [4.69, 9.17) is 22.4 Å². The van der Waals surface area contributed by atoms with Gasteiger partial charge in [-0.15, -0.1) is 11.3 Å². The van der Waals surface area contributed by atoms with Gasteiger partial charge in [0.25, 0.3) is 0 Å². The summed E-state index contributed by atoms with van der Waals surface area (Å²) in [4.78, 5) is 22.7. The molecule has 1 aromatic heterocycles. The Kier molecular flexibility index (Phi) is 5.40. The second-order valence-corrected chi connectivity index (χ2v) is 5.26. The minimum Gasteiger partial charge on any atom is -0.481 e. The Balaban J connectivity index is 2.31. The molecule has 17 heavy (non-hydrogen) atoms. The first kappa shape index (κ1) is 14.0. The lowest BCUT2D eigenvalue weighted by Gasteiger charge is -2.10. The van der Waals surface area contributed by atoms with E-state index in [1.807, 2.05) is 6.07 Å². The molecular formula is C10H13ClN2O3S. The third-order valence-electron chi connectivity index (χ3n) is 2.07. The molecule has 0 aromatic carbocycles. The number of carbonyl (C=O) groups is 2. The number of carboxylic acids is 1. The molecule has 0 radical (unpaired) electrons. The molecule has 4 N–H and O–H groups in total. The number of hydrogen-bond donors (Lipinski definition) is 3. The number of halogens is 1. The maximum absolute atomic E-state index is 11.5. The Morgan fingerprint density at radius 1 is 1.53 bits per heavy atom. The van der Waals surface area contributed by atoms with Gasteiger partial charge in [0, 0.05) is 11.3 Å². The molecule has 1 aromatic rings. The Labute approximate surface area is 108 Å². The molecule has 1 atom stereocenters. The van der Waals surface area contributed by atoms with Gasteiger partial charge in [-0.05, 0) is 18.6 Å². The van der Waals surface area contributed by atoms with E-state index in [2.05, 4.69) is 5.32 Å². The second-order valence-electron chi connectivity index (χ2n) is 3.46. The van der Waals surface area contributed by atoms with E-state index >= 15 is 0 Å². The highest BCUT2D eigenvalue weighted by molar-refractivity contribution is 7.16. The zero-order chi connectivity index (χ0) is 12.8. The maximum Gasteiger partial charge on any atom is 0.303 e. The van der Waals surface area contributed by atoms with Crippen LogP contribution in [0.25, 0.3) is 0 Å². The van der Waals surface area contributed by atoms with Gasteiger partial charge in [-0.3, -0.25) is 9.59 Å². The summed E-state index contributed by atoms with van der Waals surface area (Å²) in [7, 11) is 0. The molecule has 1 rings (SSSR count). The third-order valence-corrected chi connectivity index (χ3v) is 3.30. The van der Waals surface area contributed by atoms with Crippen molar-refractivity contribution < 1.29 is 14.7 Å². The highest BCUT2D eigenvalue weighted by Crippen LogP contribution is 2.20. The van der Waals surface area contributed by atoms with E-state index in [-0.39, 0.29) is 18.7 Å². The second kappa shape index (κ2) is 6.58. The van der Waals surface area contributed by atoms with Crippen LogP contribution in [-0.4, -0.2) is 23.0 Å². The lowest BCUT2D eigenvalue weighted by Crippen LogP contribution is -2.40. The van der Waals surface area contributed by atoms with Crippen LogP contribution < -0.4 is 11.1 Å². The molecular weight excluding hydrogens is 264 g/mol. The van der Waals surface area contributed by atoms with Gasteiger partial charge in [0.15, 0.2) is 0 Å². The van der Waals surface area contributed by atoms with Crippen molar-refractivity contribution in [2.45, 2.75) is 25.4 Å². The van der Waals surface area contributed by atoms with Gasteiger partial charge in [-0.25, -0.2) is 0 Å². The first-order valence-corrected chi connectivity index (χ1v) is 6.18. The number of hydrogen-bond acceptors (Lipinski definition) is 4. The Morgan fingerprint density at radius 3 is 2.76 bits per heavy atom. The van der Waals surface area contributed by atoms with Crippen molar-refractivity contribution in [3.63, 3.8) is 0 Å². The summed E-state index contributed by atoms with van der Waals surface area (Å²) in [6, 6.07) is 2.77. The van der Waals surface area contributed by atoms with Crippen LogP contribution in [0.3, 0.4) is 0 Å². The van der Waals surface area contributed by atoms with Crippen molar-refractivity contribution in [1.29, 1.82) is 0 Å². The van der Waals surface area contributed by atoms with Crippen LogP contribution in [0.5, 0.6) is 0 Å². The maximum atomic E-state index is 11.5. The number of rotatable bonds is 6. The third kappa shape index (κ3) is 5.16.